The normalized spacial score (nSPS) is 13.0. The molecule has 3 aromatic rings. The average molecular weight is 413 g/mol. The van der Waals surface area contributed by atoms with Gasteiger partial charge in [0.05, 0.1) is 0 Å². The first-order valence-electron chi connectivity index (χ1n) is 10.1. The van der Waals surface area contributed by atoms with Gasteiger partial charge in [0.15, 0.2) is 0 Å². The van der Waals surface area contributed by atoms with Crippen molar-refractivity contribution in [2.24, 2.45) is 0 Å². The van der Waals surface area contributed by atoms with Crippen molar-refractivity contribution in [3.8, 4) is 11.1 Å². The van der Waals surface area contributed by atoms with Crippen LogP contribution in [0.3, 0.4) is 0 Å². The molecular formula is C26H23NO4. The molecule has 31 heavy (non-hydrogen) atoms. The van der Waals surface area contributed by atoms with E-state index < -0.39 is 18.1 Å². The number of carbonyl (C=O) groups excluding carboxylic acids is 1. The number of rotatable bonds is 7. The molecule has 2 N–H and O–H groups in total. The molecule has 4 rings (SSSR count). The first kappa shape index (κ1) is 20.4. The second kappa shape index (κ2) is 8.88. The maximum atomic E-state index is 12.4. The van der Waals surface area contributed by atoms with Crippen molar-refractivity contribution in [2.45, 2.75) is 18.4 Å². The van der Waals surface area contributed by atoms with Crippen LogP contribution in [0, 0.1) is 0 Å². The molecule has 0 aliphatic heterocycles. The third-order valence-electron chi connectivity index (χ3n) is 5.56. The highest BCUT2D eigenvalue weighted by atomic mass is 16.5. The van der Waals surface area contributed by atoms with Crippen LogP contribution in [0.1, 0.15) is 28.2 Å². The van der Waals surface area contributed by atoms with Crippen molar-refractivity contribution < 1.29 is 19.4 Å². The standard InChI is InChI=1S/C26H23NO4/c1-2-17-8-7-9-18(14-17)15-24(25(28)29)27-26(30)31-16-23-21-12-5-3-10-19(21)20-11-4-6-13-22(20)23/h2-14,23-24H,1,15-16H2,(H,27,30)(H,28,29)/t24-/m0/s1. The number of benzene rings is 3. The van der Waals surface area contributed by atoms with E-state index in [-0.39, 0.29) is 18.9 Å². The zero-order chi connectivity index (χ0) is 21.8. The van der Waals surface area contributed by atoms with Crippen LogP contribution in [-0.2, 0) is 16.0 Å². The van der Waals surface area contributed by atoms with E-state index in [4.69, 9.17) is 4.74 Å². The quantitative estimate of drug-likeness (QED) is 0.580. The van der Waals surface area contributed by atoms with Crippen LogP contribution >= 0.6 is 0 Å². The minimum atomic E-state index is -1.11. The lowest BCUT2D eigenvalue weighted by Gasteiger charge is -2.17. The van der Waals surface area contributed by atoms with Gasteiger partial charge in [-0.3, -0.25) is 0 Å². The van der Waals surface area contributed by atoms with Gasteiger partial charge >= 0.3 is 12.1 Å². The largest absolute Gasteiger partial charge is 0.480 e. The Hall–Kier alpha value is -3.86. The van der Waals surface area contributed by atoms with E-state index in [9.17, 15) is 14.7 Å². The van der Waals surface area contributed by atoms with Crippen molar-refractivity contribution in [3.63, 3.8) is 0 Å². The van der Waals surface area contributed by atoms with Gasteiger partial charge in [-0.15, -0.1) is 0 Å². The van der Waals surface area contributed by atoms with Gasteiger partial charge in [-0.05, 0) is 33.4 Å². The SMILES string of the molecule is C=Cc1cccc(C[C@H](NC(=O)OCC2c3ccccc3-c3ccccc32)C(=O)O)c1. The molecule has 0 bridgehead atoms. The number of fused-ring (bicyclic) bond motifs is 3. The van der Waals surface area contributed by atoms with E-state index in [0.29, 0.717) is 0 Å². The Morgan fingerprint density at radius 2 is 1.65 bits per heavy atom. The van der Waals surface area contributed by atoms with Crippen LogP contribution in [0.2, 0.25) is 0 Å². The van der Waals surface area contributed by atoms with Gasteiger partial charge in [0.25, 0.3) is 0 Å². The number of ether oxygens (including phenoxy) is 1. The van der Waals surface area contributed by atoms with E-state index in [1.54, 1.807) is 6.08 Å². The second-order valence-corrected chi connectivity index (χ2v) is 7.51. The second-order valence-electron chi connectivity index (χ2n) is 7.51. The molecule has 1 atom stereocenters. The smallest absolute Gasteiger partial charge is 0.407 e. The van der Waals surface area contributed by atoms with E-state index in [2.05, 4.69) is 24.0 Å². The van der Waals surface area contributed by atoms with Crippen molar-refractivity contribution >= 4 is 18.1 Å². The Morgan fingerprint density at radius 1 is 1.00 bits per heavy atom. The Balaban J connectivity index is 1.43. The summed E-state index contributed by atoms with van der Waals surface area (Å²) in [7, 11) is 0. The maximum absolute atomic E-state index is 12.4. The highest BCUT2D eigenvalue weighted by molar-refractivity contribution is 5.81. The molecule has 5 heteroatoms. The van der Waals surface area contributed by atoms with Crippen LogP contribution in [0.25, 0.3) is 17.2 Å². The zero-order valence-electron chi connectivity index (χ0n) is 17.0. The van der Waals surface area contributed by atoms with Crippen molar-refractivity contribution in [2.75, 3.05) is 6.61 Å². The summed E-state index contributed by atoms with van der Waals surface area (Å²) in [6.07, 6.45) is 1.11. The number of aliphatic carboxylic acids is 1. The molecule has 156 valence electrons. The highest BCUT2D eigenvalue weighted by Gasteiger charge is 2.29. The van der Waals surface area contributed by atoms with Crippen LogP contribution in [-0.4, -0.2) is 29.8 Å². The van der Waals surface area contributed by atoms with Gasteiger partial charge in [0.2, 0.25) is 0 Å². The van der Waals surface area contributed by atoms with Gasteiger partial charge in [0, 0.05) is 12.3 Å². The number of nitrogens with one attached hydrogen (secondary N) is 1. The molecule has 0 radical (unpaired) electrons. The van der Waals surface area contributed by atoms with Crippen LogP contribution in [0.4, 0.5) is 4.79 Å². The van der Waals surface area contributed by atoms with Crippen LogP contribution in [0.5, 0.6) is 0 Å². The van der Waals surface area contributed by atoms with E-state index in [1.807, 2.05) is 60.7 Å². The molecule has 0 fully saturated rings. The first-order chi connectivity index (χ1) is 15.1. The molecule has 1 aliphatic carbocycles. The molecule has 1 amide bonds. The predicted molar refractivity (Wildman–Crippen MR) is 120 cm³/mol. The molecular weight excluding hydrogens is 390 g/mol. The van der Waals surface area contributed by atoms with Gasteiger partial charge in [-0.2, -0.15) is 0 Å². The molecule has 1 aliphatic rings. The molecule has 0 heterocycles. The summed E-state index contributed by atoms with van der Waals surface area (Å²) in [5, 5.41) is 12.0. The summed E-state index contributed by atoms with van der Waals surface area (Å²) < 4.78 is 5.47. The Labute approximate surface area is 181 Å². The molecule has 0 saturated carbocycles. The third kappa shape index (κ3) is 4.36. The minimum Gasteiger partial charge on any atom is -0.480 e. The van der Waals surface area contributed by atoms with Gasteiger partial charge < -0.3 is 15.2 Å². The molecule has 0 unspecified atom stereocenters. The number of carboxylic acids is 1. The fourth-order valence-electron chi connectivity index (χ4n) is 4.07. The first-order valence-corrected chi connectivity index (χ1v) is 10.1. The summed E-state index contributed by atoms with van der Waals surface area (Å²) in [5.74, 6) is -1.19. The average Bonchev–Trinajstić information content (AvgIpc) is 3.11. The lowest BCUT2D eigenvalue weighted by Crippen LogP contribution is -2.42. The topological polar surface area (TPSA) is 75.6 Å². The molecule has 5 nitrogen and oxygen atoms in total. The Morgan fingerprint density at radius 3 is 2.26 bits per heavy atom. The van der Waals surface area contributed by atoms with E-state index >= 15 is 0 Å². The third-order valence-corrected chi connectivity index (χ3v) is 5.56. The van der Waals surface area contributed by atoms with E-state index in [1.165, 1.54) is 0 Å². The lowest BCUT2D eigenvalue weighted by molar-refractivity contribution is -0.139. The number of carboxylic acid groups (broad SMARTS) is 1. The molecule has 0 aromatic heterocycles. The fraction of sp³-hybridized carbons (Fsp3) is 0.154. The van der Waals surface area contributed by atoms with Gasteiger partial charge in [-0.25, -0.2) is 9.59 Å². The maximum Gasteiger partial charge on any atom is 0.407 e. The minimum absolute atomic E-state index is 0.0781. The van der Waals surface area contributed by atoms with Crippen LogP contribution < -0.4 is 5.32 Å². The van der Waals surface area contributed by atoms with Gasteiger partial charge in [0.1, 0.15) is 12.6 Å². The summed E-state index contributed by atoms with van der Waals surface area (Å²) >= 11 is 0. The number of alkyl carbamates (subject to hydrolysis) is 1. The Bertz CT molecular complexity index is 1090. The molecule has 0 spiro atoms. The van der Waals surface area contributed by atoms with Crippen LogP contribution in [0.15, 0.2) is 79.4 Å². The lowest BCUT2D eigenvalue weighted by atomic mass is 9.98. The number of hydrogen-bond donors (Lipinski definition) is 2. The Kier molecular flexibility index (Phi) is 5.85. The highest BCUT2D eigenvalue weighted by Crippen LogP contribution is 2.44. The fourth-order valence-corrected chi connectivity index (χ4v) is 4.07. The molecule has 0 saturated heterocycles. The zero-order valence-corrected chi connectivity index (χ0v) is 17.0. The van der Waals surface area contributed by atoms with E-state index in [0.717, 1.165) is 33.4 Å². The van der Waals surface area contributed by atoms with Crippen molar-refractivity contribution in [1.29, 1.82) is 0 Å². The summed E-state index contributed by atoms with van der Waals surface area (Å²) in [6.45, 7) is 3.86. The molecule has 3 aromatic carbocycles. The summed E-state index contributed by atoms with van der Waals surface area (Å²) in [4.78, 5) is 24.1. The predicted octanol–water partition coefficient (Wildman–Crippen LogP) is 4.86. The van der Waals surface area contributed by atoms with Gasteiger partial charge in [-0.1, -0.05) is 85.5 Å². The monoisotopic (exact) mass is 413 g/mol. The number of hydrogen-bond acceptors (Lipinski definition) is 3. The van der Waals surface area contributed by atoms with Crippen molar-refractivity contribution in [1.82, 2.24) is 5.32 Å². The summed E-state index contributed by atoms with van der Waals surface area (Å²) in [5.41, 5.74) is 6.17. The van der Waals surface area contributed by atoms with Crippen molar-refractivity contribution in [3.05, 3.63) is 102 Å². The number of carbonyl (C=O) groups is 2. The number of amides is 1. The summed E-state index contributed by atoms with van der Waals surface area (Å²) in [6, 6.07) is 22.4.